The van der Waals surface area contributed by atoms with Gasteiger partial charge < -0.3 is 19.7 Å². The Kier molecular flexibility index (Phi) is 7.10. The van der Waals surface area contributed by atoms with Crippen LogP contribution in [0.1, 0.15) is 35.0 Å². The standard InChI is InChI=1S/C28H29ClN6O2/c1-19-22-9-5-10-23(29)26(22)32-25(19)27(37)34-17-16-33(28-30-12-6-13-31-28)14-7-15-35(20(2)36)24-11-4-3-8-21(24)18-34/h3-6,8-13,32H,7,14-18H2,1-2H3. The Bertz CT molecular complexity index is 1440. The molecule has 0 radical (unpaired) electrons. The van der Waals surface area contributed by atoms with Crippen LogP contribution in [0.25, 0.3) is 10.9 Å². The van der Waals surface area contributed by atoms with Crippen LogP contribution in [0.15, 0.2) is 60.9 Å². The molecule has 0 fully saturated rings. The maximum Gasteiger partial charge on any atom is 0.270 e. The fraction of sp³-hybridized carbons (Fsp3) is 0.286. The molecule has 4 aromatic rings. The van der Waals surface area contributed by atoms with Crippen LogP contribution < -0.4 is 9.80 Å². The summed E-state index contributed by atoms with van der Waals surface area (Å²) in [6, 6.07) is 15.2. The van der Waals surface area contributed by atoms with Gasteiger partial charge in [-0.25, -0.2) is 9.97 Å². The molecule has 0 aliphatic carbocycles. The molecule has 0 saturated carbocycles. The molecule has 2 amide bonds. The van der Waals surface area contributed by atoms with E-state index in [2.05, 4.69) is 19.9 Å². The number of aromatic nitrogens is 3. The number of amides is 2. The van der Waals surface area contributed by atoms with Gasteiger partial charge in [0, 0.05) is 63.1 Å². The molecule has 0 unspecified atom stereocenters. The van der Waals surface area contributed by atoms with Crippen LogP contribution >= 0.6 is 11.6 Å². The molecule has 9 heteroatoms. The fourth-order valence-corrected chi connectivity index (χ4v) is 5.15. The smallest absolute Gasteiger partial charge is 0.270 e. The van der Waals surface area contributed by atoms with Gasteiger partial charge in [-0.05, 0) is 42.7 Å². The number of para-hydroxylation sites is 2. The Balaban J connectivity index is 1.56. The topological polar surface area (TPSA) is 85.4 Å². The zero-order chi connectivity index (χ0) is 25.9. The third-order valence-corrected chi connectivity index (χ3v) is 7.17. The first-order valence-corrected chi connectivity index (χ1v) is 12.8. The highest BCUT2D eigenvalue weighted by Gasteiger charge is 2.26. The van der Waals surface area contributed by atoms with E-state index in [1.807, 2.05) is 54.3 Å². The maximum atomic E-state index is 14.0. The van der Waals surface area contributed by atoms with Gasteiger partial charge in [-0.1, -0.05) is 41.9 Å². The molecule has 5 rings (SSSR count). The zero-order valence-electron chi connectivity index (χ0n) is 20.9. The fourth-order valence-electron chi connectivity index (χ4n) is 4.93. The van der Waals surface area contributed by atoms with Crippen molar-refractivity contribution < 1.29 is 9.59 Å². The van der Waals surface area contributed by atoms with Crippen LogP contribution in [0.4, 0.5) is 11.6 Å². The number of hydrogen-bond donors (Lipinski definition) is 1. The molecule has 0 bridgehead atoms. The number of aromatic amines is 1. The summed E-state index contributed by atoms with van der Waals surface area (Å²) in [5.74, 6) is 0.449. The normalized spacial score (nSPS) is 14.8. The van der Waals surface area contributed by atoms with Gasteiger partial charge >= 0.3 is 0 Å². The molecule has 3 heterocycles. The summed E-state index contributed by atoms with van der Waals surface area (Å²) in [5, 5.41) is 1.50. The molecular weight excluding hydrogens is 488 g/mol. The minimum Gasteiger partial charge on any atom is -0.349 e. The van der Waals surface area contributed by atoms with Gasteiger partial charge in [-0.3, -0.25) is 9.59 Å². The van der Waals surface area contributed by atoms with E-state index >= 15 is 0 Å². The molecule has 2 aromatic heterocycles. The van der Waals surface area contributed by atoms with Gasteiger partial charge in [0.15, 0.2) is 0 Å². The second kappa shape index (κ2) is 10.6. The van der Waals surface area contributed by atoms with Crippen molar-refractivity contribution in [3.8, 4) is 0 Å². The van der Waals surface area contributed by atoms with Crippen molar-refractivity contribution in [2.24, 2.45) is 0 Å². The lowest BCUT2D eigenvalue weighted by molar-refractivity contribution is -0.116. The molecule has 1 N–H and O–H groups in total. The number of hydrogen-bond acceptors (Lipinski definition) is 5. The Hall–Kier alpha value is -3.91. The van der Waals surface area contributed by atoms with Crippen molar-refractivity contribution in [1.82, 2.24) is 19.9 Å². The largest absolute Gasteiger partial charge is 0.349 e. The second-order valence-corrected chi connectivity index (χ2v) is 9.61. The minimum atomic E-state index is -0.123. The van der Waals surface area contributed by atoms with Crippen molar-refractivity contribution in [3.05, 3.63) is 82.8 Å². The number of benzene rings is 2. The van der Waals surface area contributed by atoms with E-state index in [1.165, 1.54) is 0 Å². The number of fused-ring (bicyclic) bond motifs is 2. The van der Waals surface area contributed by atoms with E-state index in [0.29, 0.717) is 49.4 Å². The molecule has 0 spiro atoms. The van der Waals surface area contributed by atoms with E-state index in [-0.39, 0.29) is 11.8 Å². The highest BCUT2D eigenvalue weighted by Crippen LogP contribution is 2.30. The predicted octanol–water partition coefficient (Wildman–Crippen LogP) is 4.83. The van der Waals surface area contributed by atoms with Crippen LogP contribution in [0.5, 0.6) is 0 Å². The molecule has 37 heavy (non-hydrogen) atoms. The first-order chi connectivity index (χ1) is 17.9. The molecule has 0 saturated heterocycles. The third-order valence-electron chi connectivity index (χ3n) is 6.85. The highest BCUT2D eigenvalue weighted by molar-refractivity contribution is 6.35. The molecule has 2 aromatic carbocycles. The summed E-state index contributed by atoms with van der Waals surface area (Å²) in [7, 11) is 0. The third kappa shape index (κ3) is 5.02. The minimum absolute atomic E-state index is 0.0341. The molecular formula is C28H29ClN6O2. The summed E-state index contributed by atoms with van der Waals surface area (Å²) >= 11 is 6.42. The Labute approximate surface area is 220 Å². The van der Waals surface area contributed by atoms with Gasteiger partial charge in [0.1, 0.15) is 5.69 Å². The van der Waals surface area contributed by atoms with E-state index in [9.17, 15) is 9.59 Å². The lowest BCUT2D eigenvalue weighted by atomic mass is 10.1. The number of anilines is 2. The van der Waals surface area contributed by atoms with Gasteiger partial charge in [-0.2, -0.15) is 0 Å². The van der Waals surface area contributed by atoms with Crippen molar-refractivity contribution in [1.29, 1.82) is 0 Å². The zero-order valence-corrected chi connectivity index (χ0v) is 21.7. The summed E-state index contributed by atoms with van der Waals surface area (Å²) < 4.78 is 0. The van der Waals surface area contributed by atoms with Crippen molar-refractivity contribution in [3.63, 3.8) is 0 Å². The van der Waals surface area contributed by atoms with Gasteiger partial charge in [0.05, 0.1) is 10.5 Å². The molecule has 0 atom stereocenters. The Morgan fingerprint density at radius 2 is 1.73 bits per heavy atom. The molecule has 1 aliphatic rings. The number of H-pyrrole nitrogens is 1. The average Bonchev–Trinajstić information content (AvgIpc) is 3.23. The average molecular weight is 517 g/mol. The SMILES string of the molecule is CC(=O)N1CCCN(c2ncccn2)CCN(C(=O)c2[nH]c3c(Cl)cccc3c2C)Cc2ccccc21. The lowest BCUT2D eigenvalue weighted by Gasteiger charge is -2.28. The first kappa shape index (κ1) is 24.8. The Morgan fingerprint density at radius 3 is 2.49 bits per heavy atom. The second-order valence-electron chi connectivity index (χ2n) is 9.20. The van der Waals surface area contributed by atoms with Gasteiger partial charge in [-0.15, -0.1) is 0 Å². The van der Waals surface area contributed by atoms with E-state index < -0.39 is 0 Å². The number of carbonyl (C=O) groups is 2. The number of halogens is 1. The van der Waals surface area contributed by atoms with Crippen LogP contribution in [0.2, 0.25) is 5.02 Å². The maximum absolute atomic E-state index is 14.0. The quantitative estimate of drug-likeness (QED) is 0.412. The highest BCUT2D eigenvalue weighted by atomic mass is 35.5. The summed E-state index contributed by atoms with van der Waals surface area (Å²) in [4.78, 5) is 44.5. The number of nitrogens with zero attached hydrogens (tertiary/aromatic N) is 5. The molecule has 1 aliphatic heterocycles. The first-order valence-electron chi connectivity index (χ1n) is 12.4. The Morgan fingerprint density at radius 1 is 0.946 bits per heavy atom. The van der Waals surface area contributed by atoms with Crippen LogP contribution in [0, 0.1) is 6.92 Å². The lowest BCUT2D eigenvalue weighted by Crippen LogP contribution is -2.39. The summed E-state index contributed by atoms with van der Waals surface area (Å²) in [5.41, 5.74) is 3.88. The van der Waals surface area contributed by atoms with E-state index in [4.69, 9.17) is 11.6 Å². The molecule has 8 nitrogen and oxygen atoms in total. The summed E-state index contributed by atoms with van der Waals surface area (Å²) in [6.07, 6.45) is 4.16. The predicted molar refractivity (Wildman–Crippen MR) is 146 cm³/mol. The van der Waals surface area contributed by atoms with Gasteiger partial charge in [0.25, 0.3) is 5.91 Å². The number of carbonyl (C=O) groups excluding carboxylic acids is 2. The number of aryl methyl sites for hydroxylation is 1. The monoisotopic (exact) mass is 516 g/mol. The number of rotatable bonds is 2. The van der Waals surface area contributed by atoms with Crippen molar-refractivity contribution >= 4 is 46.0 Å². The van der Waals surface area contributed by atoms with E-state index in [1.54, 1.807) is 30.3 Å². The molecule has 190 valence electrons. The van der Waals surface area contributed by atoms with Crippen molar-refractivity contribution in [2.75, 3.05) is 36.0 Å². The van der Waals surface area contributed by atoms with Crippen LogP contribution in [-0.2, 0) is 11.3 Å². The van der Waals surface area contributed by atoms with Crippen LogP contribution in [0.3, 0.4) is 0 Å². The van der Waals surface area contributed by atoms with Gasteiger partial charge in [0.2, 0.25) is 11.9 Å². The number of nitrogens with one attached hydrogen (secondary N) is 1. The summed E-state index contributed by atoms with van der Waals surface area (Å²) in [6.45, 7) is 6.08. The van der Waals surface area contributed by atoms with E-state index in [0.717, 1.165) is 34.1 Å². The van der Waals surface area contributed by atoms with Crippen molar-refractivity contribution in [2.45, 2.75) is 26.8 Å². The van der Waals surface area contributed by atoms with Crippen LogP contribution in [-0.4, -0.2) is 57.8 Å².